The lowest BCUT2D eigenvalue weighted by Gasteiger charge is -1.93. The van der Waals surface area contributed by atoms with Crippen molar-refractivity contribution >= 4 is 23.0 Å². The number of rotatable bonds is 2. The number of aliphatic imine (C=N–C) groups is 1. The summed E-state index contributed by atoms with van der Waals surface area (Å²) in [6.45, 7) is 5.71. The normalized spacial score (nSPS) is 11.3. The van der Waals surface area contributed by atoms with Gasteiger partial charge < -0.3 is 9.40 Å². The second-order valence-electron chi connectivity index (χ2n) is 5.04. The van der Waals surface area contributed by atoms with Gasteiger partial charge in [-0.1, -0.05) is 18.2 Å². The van der Waals surface area contributed by atoms with Gasteiger partial charge in [-0.2, -0.15) is 5.26 Å². The molecule has 21 heavy (non-hydrogen) atoms. The number of fused-ring (bicyclic) bond motifs is 1. The average molecular weight is 277 g/mol. The first kappa shape index (κ1) is 13.2. The molecule has 4 heteroatoms. The highest BCUT2D eigenvalue weighted by Crippen LogP contribution is 2.28. The molecule has 2 aromatic heterocycles. The number of para-hydroxylation sites is 1. The van der Waals surface area contributed by atoms with Gasteiger partial charge >= 0.3 is 0 Å². The number of nitrogens with one attached hydrogen (secondary N) is 1. The number of hydrogen-bond acceptors (Lipinski definition) is 3. The van der Waals surface area contributed by atoms with E-state index in [0.29, 0.717) is 11.4 Å². The van der Waals surface area contributed by atoms with Gasteiger partial charge in [0.2, 0.25) is 5.88 Å². The fourth-order valence-electron chi connectivity index (χ4n) is 2.42. The number of nitrogens with zero attached hydrogens (tertiary/aromatic N) is 2. The molecule has 0 atom stereocenters. The number of furan rings is 1. The van der Waals surface area contributed by atoms with Crippen molar-refractivity contribution in [2.24, 2.45) is 4.99 Å². The van der Waals surface area contributed by atoms with Crippen molar-refractivity contribution in [1.82, 2.24) is 4.98 Å². The molecule has 4 nitrogen and oxygen atoms in total. The molecule has 3 rings (SSSR count). The number of hydrogen-bond donors (Lipinski definition) is 1. The van der Waals surface area contributed by atoms with Gasteiger partial charge in [0.1, 0.15) is 17.4 Å². The summed E-state index contributed by atoms with van der Waals surface area (Å²) in [5, 5.41) is 10.3. The van der Waals surface area contributed by atoms with E-state index in [1.54, 1.807) is 6.21 Å². The molecular weight excluding hydrogens is 262 g/mol. The van der Waals surface area contributed by atoms with Gasteiger partial charge in [-0.25, -0.2) is 4.99 Å². The highest BCUT2D eigenvalue weighted by molar-refractivity contribution is 6.01. The van der Waals surface area contributed by atoms with E-state index in [2.05, 4.69) is 16.0 Å². The Hall–Kier alpha value is -2.80. The zero-order chi connectivity index (χ0) is 15.0. The van der Waals surface area contributed by atoms with Gasteiger partial charge in [-0.15, -0.1) is 0 Å². The third kappa shape index (κ3) is 2.13. The van der Waals surface area contributed by atoms with Crippen LogP contribution in [-0.2, 0) is 0 Å². The lowest BCUT2D eigenvalue weighted by atomic mass is 10.1. The van der Waals surface area contributed by atoms with Gasteiger partial charge in [-0.3, -0.25) is 0 Å². The van der Waals surface area contributed by atoms with Crippen molar-refractivity contribution in [3.05, 3.63) is 52.4 Å². The van der Waals surface area contributed by atoms with Crippen molar-refractivity contribution in [1.29, 1.82) is 5.26 Å². The molecule has 0 aliphatic heterocycles. The fraction of sp³-hybridized carbons (Fsp3) is 0.176. The minimum Gasteiger partial charge on any atom is -0.442 e. The Balaban J connectivity index is 2.09. The summed E-state index contributed by atoms with van der Waals surface area (Å²) in [5.41, 5.74) is 4.48. The van der Waals surface area contributed by atoms with E-state index in [1.807, 2.05) is 45.0 Å². The summed E-state index contributed by atoms with van der Waals surface area (Å²) >= 11 is 0. The number of benzene rings is 1. The highest BCUT2D eigenvalue weighted by atomic mass is 16.4. The van der Waals surface area contributed by atoms with E-state index in [4.69, 9.17) is 4.42 Å². The smallest absolute Gasteiger partial charge is 0.237 e. The Morgan fingerprint density at radius 2 is 2.00 bits per heavy atom. The highest BCUT2D eigenvalue weighted by Gasteiger charge is 2.13. The van der Waals surface area contributed by atoms with Gasteiger partial charge in [-0.05, 0) is 26.8 Å². The number of aryl methyl sites for hydroxylation is 2. The van der Waals surface area contributed by atoms with Crippen LogP contribution in [0.3, 0.4) is 0 Å². The monoisotopic (exact) mass is 277 g/mol. The van der Waals surface area contributed by atoms with Crippen molar-refractivity contribution in [3.8, 4) is 6.07 Å². The fourth-order valence-corrected chi connectivity index (χ4v) is 2.42. The SMILES string of the molecule is Cc1[nH]c2ccccc2c1C=Nc1oc(C)c(C)c1C#N. The van der Waals surface area contributed by atoms with Crippen LogP contribution in [0.5, 0.6) is 0 Å². The van der Waals surface area contributed by atoms with E-state index < -0.39 is 0 Å². The van der Waals surface area contributed by atoms with Crippen LogP contribution in [0, 0.1) is 32.1 Å². The van der Waals surface area contributed by atoms with Crippen LogP contribution < -0.4 is 0 Å². The molecule has 0 radical (unpaired) electrons. The molecule has 0 unspecified atom stereocenters. The quantitative estimate of drug-likeness (QED) is 0.709. The molecular formula is C17H15N3O. The van der Waals surface area contributed by atoms with E-state index in [1.165, 1.54) is 0 Å². The molecule has 1 aromatic carbocycles. The predicted molar refractivity (Wildman–Crippen MR) is 83.2 cm³/mol. The number of nitriles is 1. The molecule has 3 aromatic rings. The molecule has 0 amide bonds. The maximum absolute atomic E-state index is 9.21. The second kappa shape index (κ2) is 4.95. The van der Waals surface area contributed by atoms with E-state index in [-0.39, 0.29) is 0 Å². The molecule has 104 valence electrons. The Kier molecular flexibility index (Phi) is 3.11. The lowest BCUT2D eigenvalue weighted by Crippen LogP contribution is -1.82. The summed E-state index contributed by atoms with van der Waals surface area (Å²) in [7, 11) is 0. The summed E-state index contributed by atoms with van der Waals surface area (Å²) < 4.78 is 5.56. The second-order valence-corrected chi connectivity index (χ2v) is 5.04. The van der Waals surface area contributed by atoms with Crippen LogP contribution in [-0.4, -0.2) is 11.2 Å². The maximum Gasteiger partial charge on any atom is 0.237 e. The zero-order valence-electron chi connectivity index (χ0n) is 12.2. The zero-order valence-corrected chi connectivity index (χ0v) is 12.2. The Morgan fingerprint density at radius 3 is 2.76 bits per heavy atom. The molecule has 1 N–H and O–H groups in total. The van der Waals surface area contributed by atoms with Crippen molar-refractivity contribution in [2.45, 2.75) is 20.8 Å². The van der Waals surface area contributed by atoms with Crippen LogP contribution in [0.25, 0.3) is 10.9 Å². The molecule has 0 fully saturated rings. The lowest BCUT2D eigenvalue weighted by molar-refractivity contribution is 0.542. The molecule has 2 heterocycles. The van der Waals surface area contributed by atoms with Crippen LogP contribution in [0.1, 0.15) is 28.1 Å². The van der Waals surface area contributed by atoms with Crippen LogP contribution >= 0.6 is 0 Å². The summed E-state index contributed by atoms with van der Waals surface area (Å²) in [6, 6.07) is 10.2. The van der Waals surface area contributed by atoms with Gasteiger partial charge in [0.25, 0.3) is 0 Å². The Bertz CT molecular complexity index is 891. The first-order valence-electron chi connectivity index (χ1n) is 6.73. The molecule has 0 spiro atoms. The minimum atomic E-state index is 0.372. The summed E-state index contributed by atoms with van der Waals surface area (Å²) in [5.74, 6) is 1.10. The summed E-state index contributed by atoms with van der Waals surface area (Å²) in [4.78, 5) is 7.70. The van der Waals surface area contributed by atoms with Crippen LogP contribution in [0.4, 0.5) is 5.88 Å². The minimum absolute atomic E-state index is 0.372. The third-order valence-corrected chi connectivity index (χ3v) is 3.73. The first-order chi connectivity index (χ1) is 10.1. The average Bonchev–Trinajstić information content (AvgIpc) is 2.93. The standard InChI is InChI=1S/C17H15N3O/c1-10-12(3)21-17(14(10)8-18)19-9-15-11(2)20-16-7-5-4-6-13(15)16/h4-7,9,20H,1-3H3. The van der Waals surface area contributed by atoms with Gasteiger partial charge in [0.05, 0.1) is 0 Å². The van der Waals surface area contributed by atoms with Gasteiger partial charge in [0, 0.05) is 33.9 Å². The topological polar surface area (TPSA) is 65.1 Å². The first-order valence-corrected chi connectivity index (χ1v) is 6.73. The van der Waals surface area contributed by atoms with Crippen LogP contribution in [0.15, 0.2) is 33.7 Å². The molecule has 0 saturated heterocycles. The molecule has 0 aliphatic rings. The molecule has 0 bridgehead atoms. The predicted octanol–water partition coefficient (Wildman–Crippen LogP) is 4.31. The number of aromatic amines is 1. The van der Waals surface area contributed by atoms with Crippen molar-refractivity contribution in [2.75, 3.05) is 0 Å². The number of H-pyrrole nitrogens is 1. The van der Waals surface area contributed by atoms with Gasteiger partial charge in [0.15, 0.2) is 0 Å². The maximum atomic E-state index is 9.21. The van der Waals surface area contributed by atoms with E-state index in [0.717, 1.165) is 33.5 Å². The Morgan fingerprint density at radius 1 is 1.24 bits per heavy atom. The molecule has 0 aliphatic carbocycles. The summed E-state index contributed by atoms with van der Waals surface area (Å²) in [6.07, 6.45) is 1.76. The van der Waals surface area contributed by atoms with E-state index >= 15 is 0 Å². The van der Waals surface area contributed by atoms with Crippen molar-refractivity contribution in [3.63, 3.8) is 0 Å². The van der Waals surface area contributed by atoms with E-state index in [9.17, 15) is 5.26 Å². The largest absolute Gasteiger partial charge is 0.442 e. The van der Waals surface area contributed by atoms with Crippen molar-refractivity contribution < 1.29 is 4.42 Å². The molecule has 0 saturated carbocycles. The third-order valence-electron chi connectivity index (χ3n) is 3.73. The van der Waals surface area contributed by atoms with Crippen LogP contribution in [0.2, 0.25) is 0 Å². The number of aromatic nitrogens is 1. The Labute approximate surface area is 122 Å².